The molecule has 0 saturated carbocycles. The van der Waals surface area contributed by atoms with Crippen LogP contribution in [0.3, 0.4) is 0 Å². The molecule has 0 fully saturated rings. The van der Waals surface area contributed by atoms with Crippen molar-refractivity contribution >= 4 is 19.3 Å². The number of carbonyl (C=O) groups is 2. The highest BCUT2D eigenvalue weighted by molar-refractivity contribution is 7.57. The number of ether oxygens (including phenoxy) is 2. The van der Waals surface area contributed by atoms with Crippen molar-refractivity contribution in [3.8, 4) is 11.5 Å². The second-order valence-electron chi connectivity index (χ2n) is 5.65. The standard InChI is InChI=1S/C18H19O6P/c1-13(19)23-17-10-5-4-9-16(17)18(20)24-15-8-6-7-14(11-15)12-22-25(2,3)21/h4-11H,12H2,1-3H3. The molecule has 0 aromatic heterocycles. The van der Waals surface area contributed by atoms with Gasteiger partial charge in [-0.2, -0.15) is 0 Å². The van der Waals surface area contributed by atoms with E-state index in [1.165, 1.54) is 32.4 Å². The van der Waals surface area contributed by atoms with Crippen LogP contribution in [0.15, 0.2) is 48.5 Å². The first-order chi connectivity index (χ1) is 11.7. The Morgan fingerprint density at radius 1 is 1.00 bits per heavy atom. The molecule has 0 heterocycles. The van der Waals surface area contributed by atoms with Gasteiger partial charge in [-0.3, -0.25) is 9.36 Å². The van der Waals surface area contributed by atoms with Crippen molar-refractivity contribution in [2.45, 2.75) is 13.5 Å². The molecule has 0 atom stereocenters. The maximum atomic E-state index is 12.4. The van der Waals surface area contributed by atoms with Crippen molar-refractivity contribution in [2.75, 3.05) is 13.3 Å². The van der Waals surface area contributed by atoms with Crippen molar-refractivity contribution < 1.29 is 28.2 Å². The van der Waals surface area contributed by atoms with Crippen molar-refractivity contribution in [2.24, 2.45) is 0 Å². The van der Waals surface area contributed by atoms with Crippen LogP contribution in [0, 0.1) is 0 Å². The molecule has 2 aromatic rings. The molecule has 132 valence electrons. The number of rotatable bonds is 6. The normalized spacial score (nSPS) is 11.0. The molecular weight excluding hydrogens is 343 g/mol. The van der Waals surface area contributed by atoms with Gasteiger partial charge < -0.3 is 14.0 Å². The topological polar surface area (TPSA) is 78.9 Å². The molecule has 0 unspecified atom stereocenters. The summed E-state index contributed by atoms with van der Waals surface area (Å²) < 4.78 is 27.2. The highest BCUT2D eigenvalue weighted by atomic mass is 31.2. The summed E-state index contributed by atoms with van der Waals surface area (Å²) >= 11 is 0. The van der Waals surface area contributed by atoms with Crippen LogP contribution in [-0.2, 0) is 20.5 Å². The molecular formula is C18H19O6P. The summed E-state index contributed by atoms with van der Waals surface area (Å²) in [4.78, 5) is 23.5. The van der Waals surface area contributed by atoms with Crippen LogP contribution in [0.1, 0.15) is 22.8 Å². The zero-order valence-corrected chi connectivity index (χ0v) is 15.1. The van der Waals surface area contributed by atoms with Crippen LogP contribution in [0.25, 0.3) is 0 Å². The van der Waals surface area contributed by atoms with Gasteiger partial charge in [-0.05, 0) is 29.8 Å². The lowest BCUT2D eigenvalue weighted by Gasteiger charge is -2.11. The second kappa shape index (κ2) is 8.10. The zero-order chi connectivity index (χ0) is 18.4. The molecule has 0 aliphatic heterocycles. The lowest BCUT2D eigenvalue weighted by molar-refractivity contribution is -0.131. The highest BCUT2D eigenvalue weighted by Gasteiger charge is 2.16. The lowest BCUT2D eigenvalue weighted by Crippen LogP contribution is -2.12. The predicted molar refractivity (Wildman–Crippen MR) is 93.4 cm³/mol. The summed E-state index contributed by atoms with van der Waals surface area (Å²) in [6.45, 7) is 4.47. The number of hydrogen-bond acceptors (Lipinski definition) is 6. The molecule has 7 heteroatoms. The number of carbonyl (C=O) groups excluding carboxylic acids is 2. The van der Waals surface area contributed by atoms with E-state index >= 15 is 0 Å². The van der Waals surface area contributed by atoms with Gasteiger partial charge in [0.15, 0.2) is 7.37 Å². The predicted octanol–water partition coefficient (Wildman–Crippen LogP) is 3.89. The molecule has 0 saturated heterocycles. The van der Waals surface area contributed by atoms with Crippen LogP contribution in [0.5, 0.6) is 11.5 Å². The van der Waals surface area contributed by atoms with E-state index in [9.17, 15) is 14.2 Å². The average Bonchev–Trinajstić information content (AvgIpc) is 2.52. The van der Waals surface area contributed by atoms with Crippen molar-refractivity contribution in [3.63, 3.8) is 0 Å². The second-order valence-corrected chi connectivity index (χ2v) is 8.41. The maximum absolute atomic E-state index is 12.4. The number of hydrogen-bond donors (Lipinski definition) is 0. The minimum atomic E-state index is -2.60. The van der Waals surface area contributed by atoms with Crippen LogP contribution in [0.4, 0.5) is 0 Å². The Hall–Kier alpha value is -2.43. The molecule has 6 nitrogen and oxygen atoms in total. The molecule has 0 spiro atoms. The Labute approximate surface area is 146 Å². The van der Waals surface area contributed by atoms with Gasteiger partial charge in [0.05, 0.1) is 6.61 Å². The van der Waals surface area contributed by atoms with Gasteiger partial charge in [0, 0.05) is 20.3 Å². The van der Waals surface area contributed by atoms with E-state index in [1.54, 1.807) is 36.4 Å². The fourth-order valence-electron chi connectivity index (χ4n) is 1.97. The van der Waals surface area contributed by atoms with E-state index in [0.29, 0.717) is 5.75 Å². The van der Waals surface area contributed by atoms with Gasteiger partial charge in [0.1, 0.15) is 17.1 Å². The third-order valence-corrected chi connectivity index (χ3v) is 3.76. The number of esters is 2. The zero-order valence-electron chi connectivity index (χ0n) is 14.2. The molecule has 0 amide bonds. The average molecular weight is 362 g/mol. The summed E-state index contributed by atoms with van der Waals surface area (Å²) in [5, 5.41) is 0. The smallest absolute Gasteiger partial charge is 0.347 e. The van der Waals surface area contributed by atoms with Gasteiger partial charge in [-0.15, -0.1) is 0 Å². The van der Waals surface area contributed by atoms with Crippen molar-refractivity contribution in [3.05, 3.63) is 59.7 Å². The third kappa shape index (κ3) is 6.18. The Balaban J connectivity index is 2.13. The minimum Gasteiger partial charge on any atom is -0.426 e. The van der Waals surface area contributed by atoms with Gasteiger partial charge in [-0.25, -0.2) is 4.79 Å². The summed E-state index contributed by atoms with van der Waals surface area (Å²) in [6, 6.07) is 13.1. The van der Waals surface area contributed by atoms with E-state index in [-0.39, 0.29) is 17.9 Å². The summed E-state index contributed by atoms with van der Waals surface area (Å²) in [6.07, 6.45) is 0. The van der Waals surface area contributed by atoms with Gasteiger partial charge in [0.2, 0.25) is 0 Å². The molecule has 2 rings (SSSR count). The van der Waals surface area contributed by atoms with E-state index in [4.69, 9.17) is 14.0 Å². The van der Waals surface area contributed by atoms with Crippen LogP contribution >= 0.6 is 7.37 Å². The Morgan fingerprint density at radius 3 is 2.40 bits per heavy atom. The van der Waals surface area contributed by atoms with E-state index < -0.39 is 19.3 Å². The molecule has 0 aliphatic rings. The van der Waals surface area contributed by atoms with Crippen molar-refractivity contribution in [1.29, 1.82) is 0 Å². The van der Waals surface area contributed by atoms with Gasteiger partial charge in [-0.1, -0.05) is 24.3 Å². The van der Waals surface area contributed by atoms with Crippen LogP contribution in [-0.4, -0.2) is 25.3 Å². The summed E-state index contributed by atoms with van der Waals surface area (Å²) in [5.74, 6) is -0.724. The van der Waals surface area contributed by atoms with Gasteiger partial charge in [0.25, 0.3) is 0 Å². The van der Waals surface area contributed by atoms with E-state index in [1.807, 2.05) is 0 Å². The SMILES string of the molecule is CC(=O)Oc1ccccc1C(=O)Oc1cccc(COP(C)(C)=O)c1. The largest absolute Gasteiger partial charge is 0.426 e. The third-order valence-electron chi connectivity index (χ3n) is 3.01. The minimum absolute atomic E-state index is 0.136. The Morgan fingerprint density at radius 2 is 1.72 bits per heavy atom. The quantitative estimate of drug-likeness (QED) is 0.441. The molecule has 0 bridgehead atoms. The molecule has 2 aromatic carbocycles. The first-order valence-corrected chi connectivity index (χ1v) is 10.0. The maximum Gasteiger partial charge on any atom is 0.347 e. The lowest BCUT2D eigenvalue weighted by atomic mass is 10.2. The Bertz CT molecular complexity index is 824. The molecule has 25 heavy (non-hydrogen) atoms. The molecule has 0 radical (unpaired) electrons. The van der Waals surface area contributed by atoms with E-state index in [0.717, 1.165) is 5.56 Å². The van der Waals surface area contributed by atoms with Gasteiger partial charge >= 0.3 is 11.9 Å². The fourth-order valence-corrected chi connectivity index (χ4v) is 2.43. The number of para-hydroxylation sites is 1. The fraction of sp³-hybridized carbons (Fsp3) is 0.222. The van der Waals surface area contributed by atoms with Crippen LogP contribution < -0.4 is 9.47 Å². The van der Waals surface area contributed by atoms with Crippen LogP contribution in [0.2, 0.25) is 0 Å². The molecule has 0 aliphatic carbocycles. The Kier molecular flexibility index (Phi) is 6.12. The first-order valence-electron chi connectivity index (χ1n) is 7.53. The monoisotopic (exact) mass is 362 g/mol. The summed E-state index contributed by atoms with van der Waals surface area (Å²) in [5.41, 5.74) is 0.869. The highest BCUT2D eigenvalue weighted by Crippen LogP contribution is 2.38. The van der Waals surface area contributed by atoms with E-state index in [2.05, 4.69) is 0 Å². The first kappa shape index (κ1) is 18.9. The number of benzene rings is 2. The summed E-state index contributed by atoms with van der Waals surface area (Å²) in [7, 11) is -2.60. The molecule has 0 N–H and O–H groups in total. The van der Waals surface area contributed by atoms with Crippen molar-refractivity contribution in [1.82, 2.24) is 0 Å².